The fraction of sp³-hybridized carbons (Fsp3) is 0.381. The Morgan fingerprint density at radius 3 is 1.93 bits per heavy atom. The lowest BCUT2D eigenvalue weighted by Gasteiger charge is -2.24. The zero-order valence-corrected chi connectivity index (χ0v) is 17.0. The number of esters is 2. The monoisotopic (exact) mass is 386 g/mol. The van der Waals surface area contributed by atoms with Gasteiger partial charge >= 0.3 is 11.9 Å². The van der Waals surface area contributed by atoms with E-state index in [1.807, 2.05) is 0 Å². The number of benzene rings is 1. The number of carbonyl (C=O) groups excluding carboxylic acids is 2. The normalized spacial score (nSPS) is 11.8. The van der Waals surface area contributed by atoms with Crippen LogP contribution in [0.3, 0.4) is 0 Å². The quantitative estimate of drug-likeness (QED) is 0.492. The van der Waals surface area contributed by atoms with Crippen molar-refractivity contribution in [3.8, 4) is 11.1 Å². The standard InChI is InChI=1S/C21H26N2O5/c1-20(2,3)27-18(24)14-12-23(26)17(22)15(13-10-8-7-9-11-13)16(14)19(25)28-21(4,5)6/h7-12H,22H2,1-6H3. The fourth-order valence-corrected chi connectivity index (χ4v) is 2.55. The van der Waals surface area contributed by atoms with Crippen LogP contribution in [0.1, 0.15) is 62.3 Å². The minimum atomic E-state index is -0.815. The second kappa shape index (κ2) is 7.50. The summed E-state index contributed by atoms with van der Waals surface area (Å²) in [5.41, 5.74) is 4.72. The van der Waals surface area contributed by atoms with E-state index in [2.05, 4.69) is 0 Å². The van der Waals surface area contributed by atoms with Crippen molar-refractivity contribution in [3.63, 3.8) is 0 Å². The largest absolute Gasteiger partial charge is 0.711 e. The summed E-state index contributed by atoms with van der Waals surface area (Å²) in [7, 11) is 0. The number of rotatable bonds is 3. The van der Waals surface area contributed by atoms with Gasteiger partial charge in [0.2, 0.25) is 0 Å². The summed E-state index contributed by atoms with van der Waals surface area (Å²) in [6.45, 7) is 10.2. The van der Waals surface area contributed by atoms with Gasteiger partial charge in [-0.25, -0.2) is 14.3 Å². The smallest absolute Gasteiger partial charge is 0.343 e. The summed E-state index contributed by atoms with van der Waals surface area (Å²) in [5.74, 6) is -1.78. The van der Waals surface area contributed by atoms with Crippen LogP contribution in [-0.2, 0) is 9.47 Å². The molecule has 1 aromatic carbocycles. The van der Waals surface area contributed by atoms with Crippen LogP contribution in [0, 0.1) is 5.21 Å². The second-order valence-corrected chi connectivity index (χ2v) is 8.37. The van der Waals surface area contributed by atoms with Crippen LogP contribution in [0.25, 0.3) is 11.1 Å². The molecule has 0 aliphatic carbocycles. The van der Waals surface area contributed by atoms with Gasteiger partial charge in [-0.1, -0.05) is 30.3 Å². The molecule has 0 atom stereocenters. The summed E-state index contributed by atoms with van der Waals surface area (Å²) in [5, 5.41) is 12.4. The van der Waals surface area contributed by atoms with Crippen molar-refractivity contribution in [3.05, 3.63) is 52.9 Å². The number of nitrogen functional groups attached to an aromatic ring is 1. The Hall–Kier alpha value is -3.09. The number of pyridine rings is 1. The predicted molar refractivity (Wildman–Crippen MR) is 106 cm³/mol. The summed E-state index contributed by atoms with van der Waals surface area (Å²) >= 11 is 0. The summed E-state index contributed by atoms with van der Waals surface area (Å²) in [6, 6.07) is 8.65. The maximum Gasteiger partial charge on any atom is 0.343 e. The van der Waals surface area contributed by atoms with E-state index < -0.39 is 23.1 Å². The Balaban J connectivity index is 2.79. The molecule has 150 valence electrons. The van der Waals surface area contributed by atoms with Crippen LogP contribution >= 0.6 is 0 Å². The molecule has 7 heteroatoms. The zero-order chi connectivity index (χ0) is 21.3. The summed E-state index contributed by atoms with van der Waals surface area (Å²) < 4.78 is 11.2. The third kappa shape index (κ3) is 5.00. The molecule has 0 saturated heterocycles. The van der Waals surface area contributed by atoms with Gasteiger partial charge in [0.15, 0.2) is 0 Å². The molecule has 0 spiro atoms. The van der Waals surface area contributed by atoms with Crippen molar-refractivity contribution in [2.75, 3.05) is 5.73 Å². The topological polar surface area (TPSA) is 106 Å². The Morgan fingerprint density at radius 1 is 0.929 bits per heavy atom. The molecular formula is C21H26N2O5. The first kappa shape index (κ1) is 21.2. The van der Waals surface area contributed by atoms with E-state index >= 15 is 0 Å². The molecule has 1 heterocycles. The molecule has 0 radical (unpaired) electrons. The van der Waals surface area contributed by atoms with Crippen molar-refractivity contribution in [1.82, 2.24) is 0 Å². The van der Waals surface area contributed by atoms with Gasteiger partial charge in [0.1, 0.15) is 23.0 Å². The number of hydrogen-bond acceptors (Lipinski definition) is 6. The minimum absolute atomic E-state index is 0.0972. The van der Waals surface area contributed by atoms with Gasteiger partial charge in [-0.05, 0) is 47.1 Å². The second-order valence-electron chi connectivity index (χ2n) is 8.37. The summed E-state index contributed by atoms with van der Waals surface area (Å²) in [4.78, 5) is 25.8. The van der Waals surface area contributed by atoms with Crippen molar-refractivity contribution in [2.45, 2.75) is 52.7 Å². The van der Waals surface area contributed by atoms with Crippen LogP contribution < -0.4 is 10.5 Å². The highest BCUT2D eigenvalue weighted by Crippen LogP contribution is 2.32. The fourth-order valence-electron chi connectivity index (χ4n) is 2.55. The Bertz CT molecular complexity index is 894. The Kier molecular flexibility index (Phi) is 5.68. The number of carbonyl (C=O) groups is 2. The van der Waals surface area contributed by atoms with Crippen LogP contribution in [-0.4, -0.2) is 23.1 Å². The first-order valence-corrected chi connectivity index (χ1v) is 8.88. The van der Waals surface area contributed by atoms with E-state index in [9.17, 15) is 14.8 Å². The Morgan fingerprint density at radius 2 is 1.43 bits per heavy atom. The zero-order valence-electron chi connectivity index (χ0n) is 17.0. The molecule has 28 heavy (non-hydrogen) atoms. The van der Waals surface area contributed by atoms with Gasteiger partial charge < -0.3 is 14.7 Å². The molecule has 2 rings (SSSR count). The molecule has 0 unspecified atom stereocenters. The van der Waals surface area contributed by atoms with Gasteiger partial charge in [-0.2, -0.15) is 0 Å². The van der Waals surface area contributed by atoms with E-state index in [1.165, 1.54) is 0 Å². The number of hydrogen-bond donors (Lipinski definition) is 1. The highest BCUT2D eigenvalue weighted by Gasteiger charge is 2.33. The molecule has 0 aliphatic heterocycles. The Labute approximate surface area is 164 Å². The average Bonchev–Trinajstić information content (AvgIpc) is 2.54. The lowest BCUT2D eigenvalue weighted by Crippen LogP contribution is -2.36. The maximum absolute atomic E-state index is 13.0. The average molecular weight is 386 g/mol. The molecule has 0 amide bonds. The van der Waals surface area contributed by atoms with E-state index in [1.54, 1.807) is 71.9 Å². The van der Waals surface area contributed by atoms with Crippen LogP contribution in [0.15, 0.2) is 36.5 Å². The molecular weight excluding hydrogens is 360 g/mol. The van der Waals surface area contributed by atoms with Crippen LogP contribution in [0.2, 0.25) is 0 Å². The highest BCUT2D eigenvalue weighted by molar-refractivity contribution is 6.09. The number of ether oxygens (including phenoxy) is 2. The predicted octanol–water partition coefficient (Wildman–Crippen LogP) is 3.48. The number of nitrogens with two attached hydrogens (primary N) is 1. The van der Waals surface area contributed by atoms with E-state index in [0.29, 0.717) is 10.3 Å². The molecule has 0 saturated carbocycles. The summed E-state index contributed by atoms with van der Waals surface area (Å²) in [6.07, 6.45) is 0.953. The van der Waals surface area contributed by atoms with E-state index in [0.717, 1.165) is 6.20 Å². The van der Waals surface area contributed by atoms with Crippen molar-refractivity contribution in [1.29, 1.82) is 0 Å². The van der Waals surface area contributed by atoms with Crippen LogP contribution in [0.5, 0.6) is 0 Å². The molecule has 7 nitrogen and oxygen atoms in total. The maximum atomic E-state index is 13.0. The van der Waals surface area contributed by atoms with E-state index in [-0.39, 0.29) is 22.5 Å². The number of aromatic nitrogens is 1. The molecule has 2 aromatic rings. The molecule has 0 fully saturated rings. The van der Waals surface area contributed by atoms with Gasteiger partial charge in [0.05, 0.1) is 11.1 Å². The van der Waals surface area contributed by atoms with Crippen molar-refractivity contribution in [2.24, 2.45) is 0 Å². The lowest BCUT2D eigenvalue weighted by atomic mass is 9.96. The van der Waals surface area contributed by atoms with Gasteiger partial charge in [-0.15, -0.1) is 0 Å². The first-order chi connectivity index (χ1) is 12.8. The molecule has 0 aliphatic rings. The third-order valence-corrected chi connectivity index (χ3v) is 3.54. The van der Waals surface area contributed by atoms with Crippen molar-refractivity contribution >= 4 is 17.8 Å². The number of anilines is 1. The number of nitrogens with zero attached hydrogens (tertiary/aromatic N) is 1. The molecule has 1 aromatic heterocycles. The molecule has 2 N–H and O–H groups in total. The molecule has 0 bridgehead atoms. The van der Waals surface area contributed by atoms with Crippen LogP contribution in [0.4, 0.5) is 5.82 Å². The van der Waals surface area contributed by atoms with Crippen molar-refractivity contribution < 1.29 is 23.8 Å². The SMILES string of the molecule is CC(C)(C)OC(=O)c1c[n+]([O-])c(N)c(-c2ccccc2)c1C(=O)OC(C)(C)C. The first-order valence-electron chi connectivity index (χ1n) is 8.88. The highest BCUT2D eigenvalue weighted by atomic mass is 16.6. The minimum Gasteiger partial charge on any atom is -0.711 e. The van der Waals surface area contributed by atoms with Gasteiger partial charge in [0.25, 0.3) is 5.82 Å². The lowest BCUT2D eigenvalue weighted by molar-refractivity contribution is -0.589. The van der Waals surface area contributed by atoms with Gasteiger partial charge in [-0.3, -0.25) is 5.73 Å². The van der Waals surface area contributed by atoms with Gasteiger partial charge in [0, 0.05) is 0 Å². The third-order valence-electron chi connectivity index (χ3n) is 3.54. The van der Waals surface area contributed by atoms with E-state index in [4.69, 9.17) is 15.2 Å².